The second-order valence-electron chi connectivity index (χ2n) is 5.21. The van der Waals surface area contributed by atoms with E-state index in [1.165, 1.54) is 6.07 Å². The van der Waals surface area contributed by atoms with Crippen LogP contribution in [0.2, 0.25) is 0 Å². The summed E-state index contributed by atoms with van der Waals surface area (Å²) in [7, 11) is 0. The summed E-state index contributed by atoms with van der Waals surface area (Å²) in [6, 6.07) is 15.7. The number of rotatable bonds is 4. The second kappa shape index (κ2) is 7.04. The van der Waals surface area contributed by atoms with E-state index in [0.29, 0.717) is 17.0 Å². The first-order valence-electron chi connectivity index (χ1n) is 7.28. The van der Waals surface area contributed by atoms with Crippen LogP contribution in [0.3, 0.4) is 0 Å². The molecule has 1 atom stereocenters. The Morgan fingerprint density at radius 1 is 1.17 bits per heavy atom. The number of amides is 1. The molecule has 1 N–H and O–H groups in total. The van der Waals surface area contributed by atoms with E-state index in [9.17, 15) is 9.59 Å². The van der Waals surface area contributed by atoms with Crippen LogP contribution >= 0.6 is 22.6 Å². The van der Waals surface area contributed by atoms with Gasteiger partial charge in [0.05, 0.1) is 0 Å². The molecule has 122 valence electrons. The predicted octanol–water partition coefficient (Wildman–Crippen LogP) is 3.80. The minimum atomic E-state index is -0.698. The third-order valence-corrected chi connectivity index (χ3v) is 4.04. The number of fused-ring (bicyclic) bond motifs is 1. The van der Waals surface area contributed by atoms with E-state index in [4.69, 9.17) is 9.15 Å². The lowest BCUT2D eigenvalue weighted by atomic mass is 10.2. The zero-order chi connectivity index (χ0) is 17.1. The molecule has 0 aliphatic carbocycles. The van der Waals surface area contributed by atoms with Gasteiger partial charge in [-0.2, -0.15) is 0 Å². The molecule has 0 saturated heterocycles. The zero-order valence-electron chi connectivity index (χ0n) is 12.8. The lowest BCUT2D eigenvalue weighted by molar-refractivity contribution is -0.122. The van der Waals surface area contributed by atoms with Gasteiger partial charge in [-0.15, -0.1) is 0 Å². The van der Waals surface area contributed by atoms with Crippen LogP contribution in [0.15, 0.2) is 63.8 Å². The highest BCUT2D eigenvalue weighted by molar-refractivity contribution is 14.1. The van der Waals surface area contributed by atoms with Crippen LogP contribution in [0.1, 0.15) is 6.92 Å². The summed E-state index contributed by atoms with van der Waals surface area (Å²) >= 11 is 2.18. The third kappa shape index (κ3) is 3.94. The summed E-state index contributed by atoms with van der Waals surface area (Å²) in [4.78, 5) is 23.5. The Morgan fingerprint density at radius 2 is 1.96 bits per heavy atom. The lowest BCUT2D eigenvalue weighted by Crippen LogP contribution is -2.30. The molecule has 5 nitrogen and oxygen atoms in total. The van der Waals surface area contributed by atoms with Crippen molar-refractivity contribution in [3.8, 4) is 5.75 Å². The fourth-order valence-corrected chi connectivity index (χ4v) is 2.73. The van der Waals surface area contributed by atoms with Crippen molar-refractivity contribution in [2.75, 3.05) is 5.32 Å². The standard InChI is InChI=1S/C18H14INO4/c1-11(18(22)20-14-4-2-3-13(19)9-14)23-15-7-5-12-6-8-17(21)24-16(12)10-15/h2-11H,1H3,(H,20,22). The normalized spacial score (nSPS) is 11.9. The quantitative estimate of drug-likeness (QED) is 0.500. The van der Waals surface area contributed by atoms with Gasteiger partial charge in [-0.3, -0.25) is 4.79 Å². The summed E-state index contributed by atoms with van der Waals surface area (Å²) in [5.74, 6) is 0.203. The van der Waals surface area contributed by atoms with Crippen molar-refractivity contribution in [3.63, 3.8) is 0 Å². The number of hydrogen-bond donors (Lipinski definition) is 1. The molecular weight excluding hydrogens is 421 g/mol. The van der Waals surface area contributed by atoms with Crippen LogP contribution in [0.25, 0.3) is 11.0 Å². The lowest BCUT2D eigenvalue weighted by Gasteiger charge is -2.15. The topological polar surface area (TPSA) is 68.5 Å². The van der Waals surface area contributed by atoms with Gasteiger partial charge in [-0.25, -0.2) is 4.79 Å². The van der Waals surface area contributed by atoms with Crippen LogP contribution < -0.4 is 15.7 Å². The molecule has 0 aliphatic rings. The number of carbonyl (C=O) groups excluding carboxylic acids is 1. The van der Waals surface area contributed by atoms with Crippen molar-refractivity contribution in [2.24, 2.45) is 0 Å². The highest BCUT2D eigenvalue weighted by Gasteiger charge is 2.15. The average molecular weight is 435 g/mol. The van der Waals surface area contributed by atoms with E-state index in [0.717, 1.165) is 8.96 Å². The van der Waals surface area contributed by atoms with Crippen molar-refractivity contribution >= 4 is 45.2 Å². The molecule has 0 bridgehead atoms. The Balaban J connectivity index is 1.72. The highest BCUT2D eigenvalue weighted by atomic mass is 127. The molecule has 6 heteroatoms. The van der Waals surface area contributed by atoms with Crippen molar-refractivity contribution in [3.05, 3.63) is 68.6 Å². The van der Waals surface area contributed by atoms with E-state index in [2.05, 4.69) is 27.9 Å². The van der Waals surface area contributed by atoms with Crippen molar-refractivity contribution in [2.45, 2.75) is 13.0 Å². The number of anilines is 1. The van der Waals surface area contributed by atoms with Gasteiger partial charge in [0.1, 0.15) is 11.3 Å². The summed E-state index contributed by atoms with van der Waals surface area (Å²) in [6.45, 7) is 1.66. The SMILES string of the molecule is CC(Oc1ccc2ccc(=O)oc2c1)C(=O)Nc1cccc(I)c1. The molecule has 2 aromatic carbocycles. The van der Waals surface area contributed by atoms with E-state index >= 15 is 0 Å². The third-order valence-electron chi connectivity index (χ3n) is 3.37. The Labute approximate surface area is 151 Å². The molecule has 0 aliphatic heterocycles. The molecule has 3 rings (SSSR count). The average Bonchev–Trinajstić information content (AvgIpc) is 2.54. The van der Waals surface area contributed by atoms with Gasteiger partial charge in [0.2, 0.25) is 0 Å². The highest BCUT2D eigenvalue weighted by Crippen LogP contribution is 2.21. The monoisotopic (exact) mass is 435 g/mol. The molecule has 1 unspecified atom stereocenters. The number of benzene rings is 2. The predicted molar refractivity (Wildman–Crippen MR) is 100 cm³/mol. The van der Waals surface area contributed by atoms with Gasteiger partial charge in [-0.05, 0) is 65.9 Å². The number of ether oxygens (including phenoxy) is 1. The number of nitrogens with one attached hydrogen (secondary N) is 1. The van der Waals surface area contributed by atoms with E-state index in [-0.39, 0.29) is 5.91 Å². The number of halogens is 1. The van der Waals surface area contributed by atoms with E-state index in [1.807, 2.05) is 24.3 Å². The van der Waals surface area contributed by atoms with Gasteiger partial charge in [0.25, 0.3) is 5.91 Å². The van der Waals surface area contributed by atoms with Crippen LogP contribution in [-0.4, -0.2) is 12.0 Å². The minimum absolute atomic E-state index is 0.258. The van der Waals surface area contributed by atoms with Crippen LogP contribution in [0.5, 0.6) is 5.75 Å². The molecule has 1 amide bonds. The molecule has 0 radical (unpaired) electrons. The first-order valence-corrected chi connectivity index (χ1v) is 8.36. The smallest absolute Gasteiger partial charge is 0.336 e. The maximum Gasteiger partial charge on any atom is 0.336 e. The Morgan fingerprint density at radius 3 is 2.75 bits per heavy atom. The molecule has 1 heterocycles. The first kappa shape index (κ1) is 16.5. The van der Waals surface area contributed by atoms with Gasteiger partial charge in [0.15, 0.2) is 6.10 Å². The molecule has 3 aromatic rings. The Kier molecular flexibility index (Phi) is 4.84. The fourth-order valence-electron chi connectivity index (χ4n) is 2.18. The second-order valence-corrected chi connectivity index (χ2v) is 6.46. The molecule has 0 saturated carbocycles. The number of carbonyl (C=O) groups is 1. The van der Waals surface area contributed by atoms with Crippen LogP contribution in [0, 0.1) is 3.57 Å². The zero-order valence-corrected chi connectivity index (χ0v) is 14.9. The summed E-state index contributed by atoms with van der Waals surface area (Å²) in [6.07, 6.45) is -0.698. The van der Waals surface area contributed by atoms with Gasteiger partial charge >= 0.3 is 5.63 Å². The van der Waals surface area contributed by atoms with Crippen LogP contribution in [0.4, 0.5) is 5.69 Å². The summed E-state index contributed by atoms with van der Waals surface area (Å²) in [5.41, 5.74) is 0.709. The molecule has 0 spiro atoms. The van der Waals surface area contributed by atoms with E-state index in [1.54, 1.807) is 31.2 Å². The molecule has 1 aromatic heterocycles. The summed E-state index contributed by atoms with van der Waals surface area (Å²) in [5, 5.41) is 3.60. The van der Waals surface area contributed by atoms with Crippen LogP contribution in [-0.2, 0) is 4.79 Å². The molecule has 24 heavy (non-hydrogen) atoms. The van der Waals surface area contributed by atoms with Gasteiger partial charge in [0, 0.05) is 26.8 Å². The molecule has 0 fully saturated rings. The largest absolute Gasteiger partial charge is 0.481 e. The Hall–Kier alpha value is -2.35. The molecular formula is C18H14INO4. The van der Waals surface area contributed by atoms with Crippen molar-refractivity contribution < 1.29 is 13.9 Å². The van der Waals surface area contributed by atoms with Crippen molar-refractivity contribution in [1.82, 2.24) is 0 Å². The first-order chi connectivity index (χ1) is 11.5. The van der Waals surface area contributed by atoms with Crippen molar-refractivity contribution in [1.29, 1.82) is 0 Å². The number of hydrogen-bond acceptors (Lipinski definition) is 4. The Bertz CT molecular complexity index is 951. The fraction of sp³-hybridized carbons (Fsp3) is 0.111. The van der Waals surface area contributed by atoms with E-state index < -0.39 is 11.7 Å². The minimum Gasteiger partial charge on any atom is -0.481 e. The maximum absolute atomic E-state index is 12.2. The maximum atomic E-state index is 12.2. The van der Waals surface area contributed by atoms with Gasteiger partial charge in [-0.1, -0.05) is 6.07 Å². The summed E-state index contributed by atoms with van der Waals surface area (Å²) < 4.78 is 11.8. The van der Waals surface area contributed by atoms with Gasteiger partial charge < -0.3 is 14.5 Å².